The first-order valence-electron chi connectivity index (χ1n) is 6.86. The van der Waals surface area contributed by atoms with Gasteiger partial charge in [-0.3, -0.25) is 4.90 Å². The highest BCUT2D eigenvalue weighted by Crippen LogP contribution is 2.33. The Kier molecular flexibility index (Phi) is 5.44. The molecule has 2 N–H and O–H groups in total. The van der Waals surface area contributed by atoms with Crippen LogP contribution in [0.3, 0.4) is 0 Å². The number of rotatable bonds is 6. The third kappa shape index (κ3) is 2.95. The van der Waals surface area contributed by atoms with Crippen LogP contribution in [0.4, 0.5) is 8.78 Å². The van der Waals surface area contributed by atoms with E-state index in [2.05, 4.69) is 4.90 Å². The maximum absolute atomic E-state index is 13.9. The molecule has 0 saturated heterocycles. The molecule has 1 rings (SSSR count). The molecule has 2 atom stereocenters. The lowest BCUT2D eigenvalue weighted by Gasteiger charge is -2.44. The Labute approximate surface area is 114 Å². The normalized spacial score (nSPS) is 16.4. The number of nitrogens with two attached hydrogens (primary N) is 1. The van der Waals surface area contributed by atoms with Crippen molar-refractivity contribution in [2.45, 2.75) is 45.7 Å². The zero-order valence-electron chi connectivity index (χ0n) is 12.2. The number of halogens is 2. The number of benzene rings is 1. The van der Waals surface area contributed by atoms with E-state index in [-0.39, 0.29) is 5.56 Å². The van der Waals surface area contributed by atoms with E-state index in [1.54, 1.807) is 6.07 Å². The molecular weight excluding hydrogens is 246 g/mol. The molecule has 2 unspecified atom stereocenters. The first-order valence-corrected chi connectivity index (χ1v) is 6.86. The first-order chi connectivity index (χ1) is 8.92. The second-order valence-corrected chi connectivity index (χ2v) is 5.00. The van der Waals surface area contributed by atoms with Crippen molar-refractivity contribution in [2.24, 2.45) is 5.73 Å². The standard InChI is InChI=1S/C15H24F2N2/c1-5-15(4,19(6-2)7-3)14(18)11-9-8-10-12(16)13(11)17/h8-10,14H,5-7,18H2,1-4H3. The van der Waals surface area contributed by atoms with Gasteiger partial charge in [-0.05, 0) is 32.5 Å². The maximum Gasteiger partial charge on any atom is 0.163 e. The molecule has 1 aromatic rings. The van der Waals surface area contributed by atoms with Crippen LogP contribution in [-0.2, 0) is 0 Å². The fraction of sp³-hybridized carbons (Fsp3) is 0.600. The van der Waals surface area contributed by atoms with Gasteiger partial charge in [-0.15, -0.1) is 0 Å². The molecule has 0 aromatic heterocycles. The van der Waals surface area contributed by atoms with E-state index in [4.69, 9.17) is 5.73 Å². The van der Waals surface area contributed by atoms with Gasteiger partial charge in [0.15, 0.2) is 11.6 Å². The van der Waals surface area contributed by atoms with Crippen LogP contribution in [0.5, 0.6) is 0 Å². The van der Waals surface area contributed by atoms with Crippen molar-refractivity contribution in [2.75, 3.05) is 13.1 Å². The first kappa shape index (κ1) is 16.1. The van der Waals surface area contributed by atoms with Gasteiger partial charge >= 0.3 is 0 Å². The molecule has 19 heavy (non-hydrogen) atoms. The predicted octanol–water partition coefficient (Wildman–Crippen LogP) is 3.48. The molecular formula is C15H24F2N2. The van der Waals surface area contributed by atoms with Gasteiger partial charge in [0.25, 0.3) is 0 Å². The van der Waals surface area contributed by atoms with Gasteiger partial charge < -0.3 is 5.73 Å². The summed E-state index contributed by atoms with van der Waals surface area (Å²) in [5.74, 6) is -1.67. The lowest BCUT2D eigenvalue weighted by Crippen LogP contribution is -2.53. The molecule has 0 aliphatic carbocycles. The monoisotopic (exact) mass is 270 g/mol. The molecule has 0 fully saturated rings. The van der Waals surface area contributed by atoms with Gasteiger partial charge in [-0.1, -0.05) is 32.9 Å². The molecule has 0 spiro atoms. The summed E-state index contributed by atoms with van der Waals surface area (Å²) in [6.07, 6.45) is 0.770. The molecule has 0 heterocycles. The molecule has 0 saturated carbocycles. The lowest BCUT2D eigenvalue weighted by molar-refractivity contribution is 0.0829. The largest absolute Gasteiger partial charge is 0.322 e. The maximum atomic E-state index is 13.9. The Morgan fingerprint density at radius 1 is 1.21 bits per heavy atom. The highest BCUT2D eigenvalue weighted by atomic mass is 19.2. The molecule has 4 heteroatoms. The number of nitrogens with zero attached hydrogens (tertiary/aromatic N) is 1. The van der Waals surface area contributed by atoms with Gasteiger partial charge in [0.05, 0.1) is 6.04 Å². The smallest absolute Gasteiger partial charge is 0.163 e. The van der Waals surface area contributed by atoms with Crippen LogP contribution in [-0.4, -0.2) is 23.5 Å². The van der Waals surface area contributed by atoms with Crippen molar-refractivity contribution in [3.8, 4) is 0 Å². The van der Waals surface area contributed by atoms with Crippen LogP contribution in [0.25, 0.3) is 0 Å². The van der Waals surface area contributed by atoms with E-state index in [1.807, 2.05) is 27.7 Å². The summed E-state index contributed by atoms with van der Waals surface area (Å²) in [5.41, 5.74) is 6.11. The number of hydrogen-bond donors (Lipinski definition) is 1. The summed E-state index contributed by atoms with van der Waals surface area (Å²) in [6, 6.07) is 3.63. The summed E-state index contributed by atoms with van der Waals surface area (Å²) in [5, 5.41) is 0. The third-order valence-corrected chi connectivity index (χ3v) is 4.19. The predicted molar refractivity (Wildman–Crippen MR) is 74.9 cm³/mol. The van der Waals surface area contributed by atoms with E-state index < -0.39 is 23.2 Å². The molecule has 0 aliphatic rings. The highest BCUT2D eigenvalue weighted by molar-refractivity contribution is 5.25. The van der Waals surface area contributed by atoms with E-state index in [1.165, 1.54) is 6.07 Å². The summed E-state index contributed by atoms with van der Waals surface area (Å²) >= 11 is 0. The Hall–Kier alpha value is -1.00. The van der Waals surface area contributed by atoms with Gasteiger partial charge in [0, 0.05) is 11.1 Å². The van der Waals surface area contributed by atoms with Crippen molar-refractivity contribution in [1.82, 2.24) is 4.90 Å². The zero-order valence-corrected chi connectivity index (χ0v) is 12.2. The van der Waals surface area contributed by atoms with Gasteiger partial charge in [-0.2, -0.15) is 0 Å². The molecule has 0 aliphatic heterocycles. The quantitative estimate of drug-likeness (QED) is 0.857. The van der Waals surface area contributed by atoms with Gasteiger partial charge in [-0.25, -0.2) is 8.78 Å². The Morgan fingerprint density at radius 3 is 2.26 bits per heavy atom. The SMILES string of the molecule is CCN(CC)C(C)(CC)C(N)c1cccc(F)c1F. The average molecular weight is 270 g/mol. The number of likely N-dealkylation sites (N-methyl/N-ethyl adjacent to an activating group) is 1. The molecule has 0 bridgehead atoms. The van der Waals surface area contributed by atoms with Crippen LogP contribution in [0.1, 0.15) is 45.7 Å². The molecule has 1 aromatic carbocycles. The van der Waals surface area contributed by atoms with E-state index >= 15 is 0 Å². The minimum absolute atomic E-state index is 0.247. The lowest BCUT2D eigenvalue weighted by atomic mass is 9.83. The topological polar surface area (TPSA) is 29.3 Å². The summed E-state index contributed by atoms with van der Waals surface area (Å²) < 4.78 is 27.3. The second kappa shape index (κ2) is 6.44. The summed E-state index contributed by atoms with van der Waals surface area (Å²) in [6.45, 7) is 9.78. The Balaban J connectivity index is 3.21. The molecule has 108 valence electrons. The van der Waals surface area contributed by atoms with Crippen molar-refractivity contribution >= 4 is 0 Å². The Bertz CT molecular complexity index is 419. The van der Waals surface area contributed by atoms with Crippen LogP contribution in [0.15, 0.2) is 18.2 Å². The highest BCUT2D eigenvalue weighted by Gasteiger charge is 2.37. The fourth-order valence-electron chi connectivity index (χ4n) is 2.68. The van der Waals surface area contributed by atoms with Crippen LogP contribution >= 0.6 is 0 Å². The minimum atomic E-state index is -0.842. The summed E-state index contributed by atoms with van der Waals surface area (Å²) in [7, 11) is 0. The average Bonchev–Trinajstić information content (AvgIpc) is 2.42. The molecule has 0 amide bonds. The molecule has 0 radical (unpaired) electrons. The van der Waals surface area contributed by atoms with Crippen LogP contribution in [0, 0.1) is 11.6 Å². The Morgan fingerprint density at radius 2 is 1.79 bits per heavy atom. The molecule has 2 nitrogen and oxygen atoms in total. The zero-order chi connectivity index (χ0) is 14.6. The van der Waals surface area contributed by atoms with E-state index in [0.29, 0.717) is 0 Å². The van der Waals surface area contributed by atoms with Gasteiger partial charge in [0.2, 0.25) is 0 Å². The van der Waals surface area contributed by atoms with E-state index in [0.717, 1.165) is 25.6 Å². The number of hydrogen-bond acceptors (Lipinski definition) is 2. The van der Waals surface area contributed by atoms with Crippen molar-refractivity contribution in [3.63, 3.8) is 0 Å². The van der Waals surface area contributed by atoms with Crippen LogP contribution in [0.2, 0.25) is 0 Å². The second-order valence-electron chi connectivity index (χ2n) is 5.00. The van der Waals surface area contributed by atoms with Crippen molar-refractivity contribution in [3.05, 3.63) is 35.4 Å². The van der Waals surface area contributed by atoms with Crippen molar-refractivity contribution in [1.29, 1.82) is 0 Å². The van der Waals surface area contributed by atoms with E-state index in [9.17, 15) is 8.78 Å². The third-order valence-electron chi connectivity index (χ3n) is 4.19. The van der Waals surface area contributed by atoms with Gasteiger partial charge in [0.1, 0.15) is 0 Å². The fourth-order valence-corrected chi connectivity index (χ4v) is 2.68. The minimum Gasteiger partial charge on any atom is -0.322 e. The van der Waals surface area contributed by atoms with Crippen molar-refractivity contribution < 1.29 is 8.78 Å². The van der Waals surface area contributed by atoms with Crippen LogP contribution < -0.4 is 5.73 Å². The summed E-state index contributed by atoms with van der Waals surface area (Å²) in [4.78, 5) is 2.20.